The first-order valence-corrected chi connectivity index (χ1v) is 2.93. The molecule has 0 aliphatic heterocycles. The predicted octanol–water partition coefficient (Wildman–Crippen LogP) is 1.57. The molecule has 0 aliphatic rings. The predicted molar refractivity (Wildman–Crippen MR) is 32.9 cm³/mol. The normalized spacial score (nSPS) is 11.9. The summed E-state index contributed by atoms with van der Waals surface area (Å²) in [5, 5.41) is 0. The zero-order valence-corrected chi connectivity index (χ0v) is 5.52. The van der Waals surface area contributed by atoms with Gasteiger partial charge in [-0.25, -0.2) is 18.2 Å². The van der Waals surface area contributed by atoms with E-state index in [1.54, 1.807) is 0 Å². The molecule has 0 atom stereocenters. The first kappa shape index (κ1) is 8.10. The van der Waals surface area contributed by atoms with E-state index in [-0.39, 0.29) is 5.82 Å². The van der Waals surface area contributed by atoms with Crippen LogP contribution in [-0.4, -0.2) is 22.6 Å². The molecule has 2 nitrogen and oxygen atoms in total. The van der Waals surface area contributed by atoms with E-state index in [1.807, 2.05) is 0 Å². The van der Waals surface area contributed by atoms with Crippen molar-refractivity contribution in [2.75, 3.05) is 6.67 Å². The fourth-order valence-electron chi connectivity index (χ4n) is 0.595. The van der Waals surface area contributed by atoms with Gasteiger partial charge in [0.2, 0.25) is 0 Å². The highest BCUT2D eigenvalue weighted by Crippen LogP contribution is 2.20. The molecule has 0 unspecified atom stereocenters. The topological polar surface area (TPSA) is 28.7 Å². The molecule has 0 spiro atoms. The maximum absolute atomic E-state index is 12.2. The Labute approximate surface area is 61.5 Å². The average molecular weight is 163 g/mol. The number of hydrogen-bond acceptors (Lipinski definition) is 1. The van der Waals surface area contributed by atoms with Crippen LogP contribution in [0.5, 0.6) is 0 Å². The molecule has 5 heteroatoms. The van der Waals surface area contributed by atoms with Crippen molar-refractivity contribution in [1.29, 1.82) is 0 Å². The highest BCUT2D eigenvalue weighted by Gasteiger charge is 2.30. The third-order valence-electron chi connectivity index (χ3n) is 1.05. The first-order valence-electron chi connectivity index (χ1n) is 2.93. The van der Waals surface area contributed by atoms with Crippen molar-refractivity contribution in [2.45, 2.75) is 5.92 Å². The van der Waals surface area contributed by atoms with Crippen LogP contribution in [0.15, 0.2) is 12.4 Å². The molecule has 1 heterocycles. The lowest BCUT2D eigenvalue weighted by atomic mass is 10.2. The van der Waals surface area contributed by atoms with Gasteiger partial charge in [-0.2, -0.15) is 0 Å². The molecule has 1 rings (SSSR count). The van der Waals surface area contributed by atoms with Crippen molar-refractivity contribution in [2.24, 2.45) is 0 Å². The van der Waals surface area contributed by atoms with E-state index in [0.29, 0.717) is 6.42 Å². The van der Waals surface area contributed by atoms with Gasteiger partial charge in [0.05, 0.1) is 6.42 Å². The molecule has 11 heavy (non-hydrogen) atoms. The van der Waals surface area contributed by atoms with Crippen molar-refractivity contribution >= 4 is 0 Å². The highest BCUT2D eigenvalue weighted by atomic mass is 19.3. The molecule has 0 saturated heterocycles. The summed E-state index contributed by atoms with van der Waals surface area (Å²) in [6.45, 7) is -1.70. The van der Waals surface area contributed by atoms with Gasteiger partial charge in [0.25, 0.3) is 5.92 Å². The molecule has 0 bridgehead atoms. The van der Waals surface area contributed by atoms with Crippen molar-refractivity contribution in [3.05, 3.63) is 24.6 Å². The van der Waals surface area contributed by atoms with Gasteiger partial charge in [0.1, 0.15) is 5.82 Å². The first-order chi connectivity index (χ1) is 5.14. The quantitative estimate of drug-likeness (QED) is 0.719. The summed E-state index contributed by atoms with van der Waals surface area (Å²) in [7, 11) is 0. The van der Waals surface area contributed by atoms with Crippen LogP contribution in [0.2, 0.25) is 0 Å². The standard InChI is InChI=1S/C6H6F3N2/c7-4-6(8,9)3-5-10-1-2-11-5/h1-3H,4H2,(H,10,11). The maximum Gasteiger partial charge on any atom is 0.286 e. The Morgan fingerprint density at radius 3 is 2.82 bits per heavy atom. The van der Waals surface area contributed by atoms with E-state index in [4.69, 9.17) is 0 Å². The minimum absolute atomic E-state index is 0.0207. The minimum Gasteiger partial charge on any atom is -0.348 e. The van der Waals surface area contributed by atoms with E-state index in [1.165, 1.54) is 12.4 Å². The van der Waals surface area contributed by atoms with Crippen LogP contribution in [0.1, 0.15) is 5.82 Å². The second kappa shape index (κ2) is 2.94. The number of nitrogens with zero attached hydrogens (tertiary/aromatic N) is 1. The fourth-order valence-corrected chi connectivity index (χ4v) is 0.595. The van der Waals surface area contributed by atoms with Crippen LogP contribution < -0.4 is 0 Å². The van der Waals surface area contributed by atoms with Crippen LogP contribution in [-0.2, 0) is 0 Å². The van der Waals surface area contributed by atoms with Gasteiger partial charge in [0, 0.05) is 12.4 Å². The van der Waals surface area contributed by atoms with Gasteiger partial charge in [0.15, 0.2) is 6.67 Å². The lowest BCUT2D eigenvalue weighted by Crippen LogP contribution is -2.20. The zero-order valence-electron chi connectivity index (χ0n) is 5.52. The van der Waals surface area contributed by atoms with E-state index in [0.717, 1.165) is 0 Å². The Bertz CT molecular complexity index is 208. The molecule has 1 aromatic heterocycles. The number of alkyl halides is 3. The number of halogens is 3. The number of rotatable bonds is 3. The molecule has 1 aromatic rings. The molecule has 1 N–H and O–H groups in total. The van der Waals surface area contributed by atoms with Crippen molar-refractivity contribution in [3.63, 3.8) is 0 Å². The fraction of sp³-hybridized carbons (Fsp3) is 0.333. The number of hydrogen-bond donors (Lipinski definition) is 1. The Morgan fingerprint density at radius 1 is 1.64 bits per heavy atom. The van der Waals surface area contributed by atoms with Crippen molar-refractivity contribution in [1.82, 2.24) is 9.97 Å². The van der Waals surface area contributed by atoms with Crippen LogP contribution in [0, 0.1) is 6.42 Å². The summed E-state index contributed by atoms with van der Waals surface area (Å²) >= 11 is 0. The second-order valence-corrected chi connectivity index (χ2v) is 2.01. The number of aromatic amines is 1. The Balaban J connectivity index is 2.56. The molecular formula is C6H6F3N2. The maximum atomic E-state index is 12.2. The van der Waals surface area contributed by atoms with Gasteiger partial charge in [-0.1, -0.05) is 0 Å². The summed E-state index contributed by atoms with van der Waals surface area (Å²) in [4.78, 5) is 5.91. The molecule has 0 aliphatic carbocycles. The monoisotopic (exact) mass is 163 g/mol. The largest absolute Gasteiger partial charge is 0.348 e. The average Bonchev–Trinajstić information content (AvgIpc) is 2.39. The van der Waals surface area contributed by atoms with Crippen molar-refractivity contribution < 1.29 is 13.2 Å². The number of aromatic nitrogens is 2. The van der Waals surface area contributed by atoms with Gasteiger partial charge < -0.3 is 4.98 Å². The van der Waals surface area contributed by atoms with Gasteiger partial charge in [-0.05, 0) is 0 Å². The highest BCUT2D eigenvalue weighted by molar-refractivity contribution is 5.07. The number of H-pyrrole nitrogens is 1. The van der Waals surface area contributed by atoms with Gasteiger partial charge in [-0.3, -0.25) is 0 Å². The van der Waals surface area contributed by atoms with Crippen molar-refractivity contribution in [3.8, 4) is 0 Å². The molecule has 0 saturated carbocycles. The summed E-state index contributed by atoms with van der Waals surface area (Å²) in [5.74, 6) is -3.44. The van der Waals surface area contributed by atoms with Crippen LogP contribution in [0.4, 0.5) is 13.2 Å². The van der Waals surface area contributed by atoms with E-state index in [9.17, 15) is 13.2 Å². The van der Waals surface area contributed by atoms with E-state index >= 15 is 0 Å². The second-order valence-electron chi connectivity index (χ2n) is 2.01. The summed E-state index contributed by atoms with van der Waals surface area (Å²) in [5.41, 5.74) is 0. The smallest absolute Gasteiger partial charge is 0.286 e. The van der Waals surface area contributed by atoms with Crippen LogP contribution in [0.25, 0.3) is 0 Å². The zero-order chi connectivity index (χ0) is 8.32. The summed E-state index contributed by atoms with van der Waals surface area (Å²) < 4.78 is 36.0. The Hall–Kier alpha value is -1.00. The van der Waals surface area contributed by atoms with Crippen LogP contribution >= 0.6 is 0 Å². The van der Waals surface area contributed by atoms with Gasteiger partial charge in [-0.15, -0.1) is 0 Å². The minimum atomic E-state index is -3.42. The summed E-state index contributed by atoms with van der Waals surface area (Å²) in [6.07, 6.45) is 3.16. The van der Waals surface area contributed by atoms with Crippen LogP contribution in [0.3, 0.4) is 0 Å². The van der Waals surface area contributed by atoms with E-state index < -0.39 is 12.6 Å². The third kappa shape index (κ3) is 2.25. The summed E-state index contributed by atoms with van der Waals surface area (Å²) in [6, 6.07) is 0. The number of nitrogens with one attached hydrogen (secondary N) is 1. The van der Waals surface area contributed by atoms with E-state index in [2.05, 4.69) is 9.97 Å². The SMILES string of the molecule is FCC(F)(F)[CH]c1ncc[nH]1. The molecule has 0 aromatic carbocycles. The molecular weight excluding hydrogens is 157 g/mol. The lowest BCUT2D eigenvalue weighted by molar-refractivity contribution is 0.0132. The molecule has 0 amide bonds. The Morgan fingerprint density at radius 2 is 2.36 bits per heavy atom. The van der Waals surface area contributed by atoms with Gasteiger partial charge >= 0.3 is 0 Å². The lowest BCUT2D eigenvalue weighted by Gasteiger charge is -2.08. The third-order valence-corrected chi connectivity index (χ3v) is 1.05. The number of imidazole rings is 1. The molecule has 61 valence electrons. The molecule has 0 fully saturated rings. The molecule has 1 radical (unpaired) electrons. The Kier molecular flexibility index (Phi) is 2.16.